The van der Waals surface area contributed by atoms with Crippen LogP contribution in [-0.2, 0) is 21.2 Å². The Kier molecular flexibility index (Phi) is 6.67. The van der Waals surface area contributed by atoms with Crippen molar-refractivity contribution in [1.29, 1.82) is 0 Å². The molecule has 0 bridgehead atoms. The molecule has 0 radical (unpaired) electrons. The largest absolute Gasteiger partial charge is 0.356 e. The van der Waals surface area contributed by atoms with Crippen LogP contribution < -0.4 is 10.0 Å². The van der Waals surface area contributed by atoms with E-state index in [1.165, 1.54) is 7.05 Å². The number of amides is 1. The van der Waals surface area contributed by atoms with E-state index in [1.807, 2.05) is 0 Å². The van der Waals surface area contributed by atoms with Crippen LogP contribution in [0.15, 0.2) is 29.2 Å². The summed E-state index contributed by atoms with van der Waals surface area (Å²) in [5.41, 5.74) is 0.950. The van der Waals surface area contributed by atoms with Crippen LogP contribution in [0.25, 0.3) is 0 Å². The minimum Gasteiger partial charge on any atom is -0.356 e. The highest BCUT2D eigenvalue weighted by atomic mass is 32.2. The fourth-order valence-electron chi connectivity index (χ4n) is 1.70. The summed E-state index contributed by atoms with van der Waals surface area (Å²) in [4.78, 5) is 11.8. The third-order valence-corrected chi connectivity index (χ3v) is 4.43. The first-order valence-electron chi connectivity index (χ1n) is 6.78. The molecule has 20 heavy (non-hydrogen) atoms. The van der Waals surface area contributed by atoms with E-state index >= 15 is 0 Å². The standard InChI is InChI=1S/C14H22N2O3S/c1-3-4-11-16-14(17)10-7-12-5-8-13(9-6-12)20(18,19)15-2/h5-6,8-9,15H,3-4,7,10-11H2,1-2H3,(H,16,17). The summed E-state index contributed by atoms with van der Waals surface area (Å²) < 4.78 is 25.4. The Hall–Kier alpha value is -1.40. The quantitative estimate of drug-likeness (QED) is 0.713. The van der Waals surface area contributed by atoms with Gasteiger partial charge < -0.3 is 5.32 Å². The second-order valence-corrected chi connectivity index (χ2v) is 6.44. The predicted molar refractivity (Wildman–Crippen MR) is 78.9 cm³/mol. The minimum absolute atomic E-state index is 0.0328. The molecule has 0 aliphatic heterocycles. The van der Waals surface area contributed by atoms with Crippen LogP contribution >= 0.6 is 0 Å². The van der Waals surface area contributed by atoms with E-state index in [0.717, 1.165) is 18.4 Å². The fraction of sp³-hybridized carbons (Fsp3) is 0.500. The van der Waals surface area contributed by atoms with Crippen molar-refractivity contribution in [2.24, 2.45) is 0 Å². The van der Waals surface area contributed by atoms with Crippen molar-refractivity contribution in [3.63, 3.8) is 0 Å². The third-order valence-electron chi connectivity index (χ3n) is 3.00. The van der Waals surface area contributed by atoms with Gasteiger partial charge in [0.2, 0.25) is 15.9 Å². The number of aryl methyl sites for hydroxylation is 1. The molecular weight excluding hydrogens is 276 g/mol. The zero-order chi connectivity index (χ0) is 15.0. The molecule has 1 aromatic carbocycles. The molecule has 6 heteroatoms. The second-order valence-electron chi connectivity index (χ2n) is 4.56. The number of nitrogens with one attached hydrogen (secondary N) is 2. The summed E-state index contributed by atoms with van der Waals surface area (Å²) in [6.45, 7) is 2.79. The molecule has 0 aromatic heterocycles. The maximum Gasteiger partial charge on any atom is 0.240 e. The molecule has 2 N–H and O–H groups in total. The Morgan fingerprint density at radius 1 is 1.20 bits per heavy atom. The summed E-state index contributed by atoms with van der Waals surface area (Å²) in [5, 5.41) is 2.85. The molecule has 1 amide bonds. The number of unbranched alkanes of at least 4 members (excludes halogenated alkanes) is 1. The van der Waals surface area contributed by atoms with Crippen molar-refractivity contribution in [2.75, 3.05) is 13.6 Å². The van der Waals surface area contributed by atoms with Gasteiger partial charge in [-0.2, -0.15) is 0 Å². The van der Waals surface area contributed by atoms with Gasteiger partial charge in [0.1, 0.15) is 0 Å². The highest BCUT2D eigenvalue weighted by Crippen LogP contribution is 2.11. The van der Waals surface area contributed by atoms with Crippen LogP contribution in [0.2, 0.25) is 0 Å². The molecule has 0 unspecified atom stereocenters. The number of benzene rings is 1. The zero-order valence-corrected chi connectivity index (χ0v) is 12.8. The molecule has 112 valence electrons. The summed E-state index contributed by atoms with van der Waals surface area (Å²) in [7, 11) is -2.01. The van der Waals surface area contributed by atoms with E-state index in [2.05, 4.69) is 17.0 Å². The topological polar surface area (TPSA) is 75.3 Å². The molecule has 0 fully saturated rings. The van der Waals surface area contributed by atoms with E-state index < -0.39 is 10.0 Å². The maximum atomic E-state index is 11.5. The van der Waals surface area contributed by atoms with Gasteiger partial charge in [0, 0.05) is 13.0 Å². The summed E-state index contributed by atoms with van der Waals surface area (Å²) >= 11 is 0. The highest BCUT2D eigenvalue weighted by molar-refractivity contribution is 7.89. The lowest BCUT2D eigenvalue weighted by Gasteiger charge is -2.06. The van der Waals surface area contributed by atoms with Crippen molar-refractivity contribution in [1.82, 2.24) is 10.0 Å². The van der Waals surface area contributed by atoms with E-state index in [4.69, 9.17) is 0 Å². The smallest absolute Gasteiger partial charge is 0.240 e. The first-order chi connectivity index (χ1) is 9.49. The van der Waals surface area contributed by atoms with Crippen LogP contribution in [-0.4, -0.2) is 27.9 Å². The molecular formula is C14H22N2O3S. The van der Waals surface area contributed by atoms with Crippen molar-refractivity contribution < 1.29 is 13.2 Å². The molecule has 1 rings (SSSR count). The minimum atomic E-state index is -3.39. The van der Waals surface area contributed by atoms with Crippen LogP contribution in [0, 0.1) is 0 Å². The SMILES string of the molecule is CCCCNC(=O)CCc1ccc(S(=O)(=O)NC)cc1. The van der Waals surface area contributed by atoms with Gasteiger partial charge in [-0.3, -0.25) is 4.79 Å². The first-order valence-corrected chi connectivity index (χ1v) is 8.27. The van der Waals surface area contributed by atoms with Gasteiger partial charge in [-0.15, -0.1) is 0 Å². The van der Waals surface area contributed by atoms with Crippen LogP contribution in [0.1, 0.15) is 31.7 Å². The summed E-state index contributed by atoms with van der Waals surface area (Å²) in [6.07, 6.45) is 3.07. The molecule has 0 spiro atoms. The third kappa shape index (κ3) is 5.30. The maximum absolute atomic E-state index is 11.5. The lowest BCUT2D eigenvalue weighted by molar-refractivity contribution is -0.121. The van der Waals surface area contributed by atoms with Crippen LogP contribution in [0.5, 0.6) is 0 Å². The Balaban J connectivity index is 2.48. The van der Waals surface area contributed by atoms with Crippen molar-refractivity contribution in [3.05, 3.63) is 29.8 Å². The Morgan fingerprint density at radius 3 is 2.40 bits per heavy atom. The van der Waals surface area contributed by atoms with E-state index in [0.29, 0.717) is 19.4 Å². The Bertz CT molecular complexity index is 524. The van der Waals surface area contributed by atoms with Crippen molar-refractivity contribution in [2.45, 2.75) is 37.5 Å². The van der Waals surface area contributed by atoms with Gasteiger partial charge in [0.05, 0.1) is 4.90 Å². The normalized spacial score (nSPS) is 11.3. The van der Waals surface area contributed by atoms with Gasteiger partial charge >= 0.3 is 0 Å². The Morgan fingerprint density at radius 2 is 1.85 bits per heavy atom. The van der Waals surface area contributed by atoms with Crippen molar-refractivity contribution in [3.8, 4) is 0 Å². The number of carbonyl (C=O) groups is 1. The lowest BCUT2D eigenvalue weighted by atomic mass is 10.1. The second kappa shape index (κ2) is 8.01. The lowest BCUT2D eigenvalue weighted by Crippen LogP contribution is -2.24. The molecule has 0 atom stereocenters. The van der Waals surface area contributed by atoms with Gasteiger partial charge in [0.25, 0.3) is 0 Å². The number of rotatable bonds is 8. The molecule has 1 aromatic rings. The van der Waals surface area contributed by atoms with Gasteiger partial charge in [-0.1, -0.05) is 25.5 Å². The summed E-state index contributed by atoms with van der Waals surface area (Å²) in [6, 6.07) is 6.58. The number of sulfonamides is 1. The van der Waals surface area contributed by atoms with Crippen LogP contribution in [0.3, 0.4) is 0 Å². The van der Waals surface area contributed by atoms with Gasteiger partial charge in [0.15, 0.2) is 0 Å². The molecule has 0 heterocycles. The average molecular weight is 298 g/mol. The molecule has 0 saturated carbocycles. The average Bonchev–Trinajstić information content (AvgIpc) is 2.46. The number of hydrogen-bond acceptors (Lipinski definition) is 3. The molecule has 5 nitrogen and oxygen atoms in total. The van der Waals surface area contributed by atoms with E-state index in [1.54, 1.807) is 24.3 Å². The fourth-order valence-corrected chi connectivity index (χ4v) is 2.43. The van der Waals surface area contributed by atoms with Crippen LogP contribution in [0.4, 0.5) is 0 Å². The Labute approximate surface area is 120 Å². The molecule has 0 aliphatic carbocycles. The molecule has 0 aliphatic rings. The van der Waals surface area contributed by atoms with Crippen molar-refractivity contribution >= 4 is 15.9 Å². The summed E-state index contributed by atoms with van der Waals surface area (Å²) in [5.74, 6) is 0.0328. The van der Waals surface area contributed by atoms with E-state index in [-0.39, 0.29) is 10.8 Å². The predicted octanol–water partition coefficient (Wildman–Crippen LogP) is 1.44. The van der Waals surface area contributed by atoms with Gasteiger partial charge in [-0.05, 0) is 37.6 Å². The number of carbonyl (C=O) groups excluding carboxylic acids is 1. The zero-order valence-electron chi connectivity index (χ0n) is 12.0. The monoisotopic (exact) mass is 298 g/mol. The number of hydrogen-bond donors (Lipinski definition) is 2. The van der Waals surface area contributed by atoms with Gasteiger partial charge in [-0.25, -0.2) is 13.1 Å². The highest BCUT2D eigenvalue weighted by Gasteiger charge is 2.10. The van der Waals surface area contributed by atoms with E-state index in [9.17, 15) is 13.2 Å². The first kappa shape index (κ1) is 16.7. The molecule has 0 saturated heterocycles.